The van der Waals surface area contributed by atoms with Crippen LogP contribution in [-0.2, 0) is 13.0 Å². The minimum Gasteiger partial charge on any atom is -0.496 e. The van der Waals surface area contributed by atoms with E-state index in [0.29, 0.717) is 17.6 Å². The van der Waals surface area contributed by atoms with Crippen LogP contribution in [0.25, 0.3) is 0 Å². The summed E-state index contributed by atoms with van der Waals surface area (Å²) < 4.78 is 5.31. The topological polar surface area (TPSA) is 47.0 Å². The fraction of sp³-hybridized carbons (Fsp3) is 0.333. The summed E-state index contributed by atoms with van der Waals surface area (Å²) in [5, 5.41) is 3.65. The number of anilines is 1. The maximum atomic E-state index is 6.01. The summed E-state index contributed by atoms with van der Waals surface area (Å²) >= 11 is 6.01. The standard InChI is InChI=1S/C15H18ClN3O/c1-3-6-12-9-14(16)19-15(18-12)17-10-11-7-4-5-8-13(11)20-2/h4-5,7-9H,3,6,10H2,1-2H3,(H,17,18,19). The van der Waals surface area contributed by atoms with Gasteiger partial charge in [-0.2, -0.15) is 0 Å². The van der Waals surface area contributed by atoms with Gasteiger partial charge in [0, 0.05) is 17.8 Å². The normalized spacial score (nSPS) is 10.3. The summed E-state index contributed by atoms with van der Waals surface area (Å²) in [5.41, 5.74) is 2.01. The molecule has 0 saturated heterocycles. The number of rotatable bonds is 6. The van der Waals surface area contributed by atoms with Gasteiger partial charge in [0.05, 0.1) is 7.11 Å². The van der Waals surface area contributed by atoms with E-state index < -0.39 is 0 Å². The second kappa shape index (κ2) is 7.10. The summed E-state index contributed by atoms with van der Waals surface area (Å²) in [6.07, 6.45) is 1.92. The molecular weight excluding hydrogens is 274 g/mol. The van der Waals surface area contributed by atoms with Crippen LogP contribution in [0.4, 0.5) is 5.95 Å². The first-order chi connectivity index (χ1) is 9.72. The Hall–Kier alpha value is -1.81. The van der Waals surface area contributed by atoms with Crippen molar-refractivity contribution in [3.63, 3.8) is 0 Å². The molecule has 0 unspecified atom stereocenters. The summed E-state index contributed by atoms with van der Waals surface area (Å²) in [5.74, 6) is 1.39. The SMILES string of the molecule is CCCc1cc(Cl)nc(NCc2ccccc2OC)n1. The van der Waals surface area contributed by atoms with Crippen molar-refractivity contribution in [1.29, 1.82) is 0 Å². The van der Waals surface area contributed by atoms with Crippen molar-refractivity contribution in [2.75, 3.05) is 12.4 Å². The number of para-hydroxylation sites is 1. The van der Waals surface area contributed by atoms with Crippen LogP contribution >= 0.6 is 11.6 Å². The van der Waals surface area contributed by atoms with Crippen LogP contribution in [0.1, 0.15) is 24.6 Å². The van der Waals surface area contributed by atoms with E-state index in [1.807, 2.05) is 24.3 Å². The van der Waals surface area contributed by atoms with Crippen molar-refractivity contribution in [1.82, 2.24) is 9.97 Å². The Bertz CT molecular complexity index is 575. The molecule has 0 fully saturated rings. The molecule has 0 saturated carbocycles. The van der Waals surface area contributed by atoms with Gasteiger partial charge >= 0.3 is 0 Å². The van der Waals surface area contributed by atoms with Crippen molar-refractivity contribution < 1.29 is 4.74 Å². The van der Waals surface area contributed by atoms with Gasteiger partial charge in [0.2, 0.25) is 5.95 Å². The maximum Gasteiger partial charge on any atom is 0.224 e. The number of hydrogen-bond acceptors (Lipinski definition) is 4. The number of hydrogen-bond donors (Lipinski definition) is 1. The van der Waals surface area contributed by atoms with Gasteiger partial charge in [0.1, 0.15) is 10.9 Å². The molecule has 2 aromatic rings. The highest BCUT2D eigenvalue weighted by molar-refractivity contribution is 6.29. The molecule has 1 aromatic heterocycles. The molecule has 106 valence electrons. The second-order valence-electron chi connectivity index (χ2n) is 4.42. The Balaban J connectivity index is 2.10. The second-order valence-corrected chi connectivity index (χ2v) is 4.81. The average molecular weight is 292 g/mol. The Morgan fingerprint density at radius 3 is 2.80 bits per heavy atom. The van der Waals surface area contributed by atoms with E-state index in [2.05, 4.69) is 22.2 Å². The molecule has 1 N–H and O–H groups in total. The average Bonchev–Trinajstić information content (AvgIpc) is 2.45. The summed E-state index contributed by atoms with van der Waals surface area (Å²) in [4.78, 5) is 8.64. The van der Waals surface area contributed by atoms with Gasteiger partial charge in [-0.1, -0.05) is 43.1 Å². The first-order valence-corrected chi connectivity index (χ1v) is 7.00. The van der Waals surface area contributed by atoms with E-state index in [-0.39, 0.29) is 0 Å². The zero-order valence-corrected chi connectivity index (χ0v) is 12.4. The largest absolute Gasteiger partial charge is 0.496 e. The van der Waals surface area contributed by atoms with E-state index in [1.165, 1.54) is 0 Å². The molecule has 0 amide bonds. The number of halogens is 1. The zero-order chi connectivity index (χ0) is 14.4. The van der Waals surface area contributed by atoms with Crippen LogP contribution in [0.5, 0.6) is 5.75 Å². The minimum atomic E-state index is 0.464. The Morgan fingerprint density at radius 1 is 1.25 bits per heavy atom. The molecule has 0 bridgehead atoms. The molecule has 2 rings (SSSR count). The highest BCUT2D eigenvalue weighted by atomic mass is 35.5. The number of benzene rings is 1. The van der Waals surface area contributed by atoms with Gasteiger partial charge in [-0.3, -0.25) is 0 Å². The third kappa shape index (κ3) is 3.84. The van der Waals surface area contributed by atoms with Crippen LogP contribution in [-0.4, -0.2) is 17.1 Å². The highest BCUT2D eigenvalue weighted by Crippen LogP contribution is 2.19. The predicted molar refractivity (Wildman–Crippen MR) is 81.4 cm³/mol. The van der Waals surface area contributed by atoms with Crippen LogP contribution < -0.4 is 10.1 Å². The highest BCUT2D eigenvalue weighted by Gasteiger charge is 2.05. The fourth-order valence-corrected chi connectivity index (χ4v) is 2.16. The molecule has 0 aliphatic rings. The van der Waals surface area contributed by atoms with Crippen molar-refractivity contribution in [2.24, 2.45) is 0 Å². The van der Waals surface area contributed by atoms with E-state index in [4.69, 9.17) is 16.3 Å². The molecule has 0 radical (unpaired) electrons. The van der Waals surface area contributed by atoms with Crippen molar-refractivity contribution >= 4 is 17.5 Å². The molecule has 1 heterocycles. The van der Waals surface area contributed by atoms with Crippen LogP contribution in [0, 0.1) is 0 Å². The van der Waals surface area contributed by atoms with Gasteiger partial charge in [-0.15, -0.1) is 0 Å². The zero-order valence-electron chi connectivity index (χ0n) is 11.7. The number of methoxy groups -OCH3 is 1. The molecule has 0 aliphatic heterocycles. The smallest absolute Gasteiger partial charge is 0.224 e. The third-order valence-electron chi connectivity index (χ3n) is 2.88. The lowest BCUT2D eigenvalue weighted by Crippen LogP contribution is -2.06. The molecule has 4 nitrogen and oxygen atoms in total. The lowest BCUT2D eigenvalue weighted by atomic mass is 10.2. The summed E-state index contributed by atoms with van der Waals surface area (Å²) in [6.45, 7) is 2.70. The molecular formula is C15H18ClN3O. The van der Waals surface area contributed by atoms with Gasteiger partial charge in [-0.05, 0) is 18.6 Å². The molecule has 20 heavy (non-hydrogen) atoms. The van der Waals surface area contributed by atoms with Gasteiger partial charge in [-0.25, -0.2) is 9.97 Å². The number of ether oxygens (including phenoxy) is 1. The number of nitrogens with one attached hydrogen (secondary N) is 1. The van der Waals surface area contributed by atoms with E-state index in [1.54, 1.807) is 13.2 Å². The molecule has 1 aromatic carbocycles. The summed E-state index contributed by atoms with van der Waals surface area (Å²) in [6, 6.07) is 9.65. The van der Waals surface area contributed by atoms with E-state index in [0.717, 1.165) is 29.8 Å². The quantitative estimate of drug-likeness (QED) is 0.824. The predicted octanol–water partition coefficient (Wildman–Crippen LogP) is 3.70. The minimum absolute atomic E-state index is 0.464. The number of aryl methyl sites for hydroxylation is 1. The summed E-state index contributed by atoms with van der Waals surface area (Å²) in [7, 11) is 1.66. The Morgan fingerprint density at radius 2 is 2.05 bits per heavy atom. The third-order valence-corrected chi connectivity index (χ3v) is 3.08. The molecule has 0 spiro atoms. The molecule has 0 atom stereocenters. The first kappa shape index (κ1) is 14.6. The van der Waals surface area contributed by atoms with Crippen molar-refractivity contribution in [3.8, 4) is 5.75 Å². The first-order valence-electron chi connectivity index (χ1n) is 6.62. The van der Waals surface area contributed by atoms with E-state index in [9.17, 15) is 0 Å². The lowest BCUT2D eigenvalue weighted by molar-refractivity contribution is 0.410. The number of aromatic nitrogens is 2. The van der Waals surface area contributed by atoms with E-state index >= 15 is 0 Å². The lowest BCUT2D eigenvalue weighted by Gasteiger charge is -2.10. The molecule has 0 aliphatic carbocycles. The molecule has 5 heteroatoms. The van der Waals surface area contributed by atoms with Crippen molar-refractivity contribution in [2.45, 2.75) is 26.3 Å². The Labute approximate surface area is 124 Å². The maximum absolute atomic E-state index is 6.01. The van der Waals surface area contributed by atoms with Crippen LogP contribution in [0.3, 0.4) is 0 Å². The van der Waals surface area contributed by atoms with Gasteiger partial charge < -0.3 is 10.1 Å². The van der Waals surface area contributed by atoms with Crippen LogP contribution in [0.2, 0.25) is 5.15 Å². The van der Waals surface area contributed by atoms with Crippen LogP contribution in [0.15, 0.2) is 30.3 Å². The van der Waals surface area contributed by atoms with Crippen molar-refractivity contribution in [3.05, 3.63) is 46.7 Å². The Kier molecular flexibility index (Phi) is 5.18. The van der Waals surface area contributed by atoms with Gasteiger partial charge in [0.15, 0.2) is 0 Å². The monoisotopic (exact) mass is 291 g/mol. The number of nitrogens with zero attached hydrogens (tertiary/aromatic N) is 2. The fourth-order valence-electron chi connectivity index (χ4n) is 1.95. The van der Waals surface area contributed by atoms with Gasteiger partial charge in [0.25, 0.3) is 0 Å².